The van der Waals surface area contributed by atoms with Crippen LogP contribution in [0.3, 0.4) is 0 Å². The summed E-state index contributed by atoms with van der Waals surface area (Å²) in [5, 5.41) is 0. The normalized spacial score (nSPS) is 16.0. The molecule has 1 aromatic heterocycles. The van der Waals surface area contributed by atoms with Gasteiger partial charge in [-0.3, -0.25) is 9.59 Å². The van der Waals surface area contributed by atoms with Crippen LogP contribution >= 0.6 is 0 Å². The zero-order valence-electron chi connectivity index (χ0n) is 16.4. The summed E-state index contributed by atoms with van der Waals surface area (Å²) >= 11 is 0. The SMILES string of the molecule is COc1ccc(C(=O)N2CCN(C(=O)C3CC3)CC2)cc1C#Cc1ccccn1. The summed E-state index contributed by atoms with van der Waals surface area (Å²) in [6.45, 7) is 2.31. The third kappa shape index (κ3) is 4.40. The smallest absolute Gasteiger partial charge is 0.254 e. The van der Waals surface area contributed by atoms with Gasteiger partial charge in [0.25, 0.3) is 5.91 Å². The second-order valence-corrected chi connectivity index (χ2v) is 7.27. The number of pyridine rings is 1. The van der Waals surface area contributed by atoms with Crippen LogP contribution in [0.25, 0.3) is 0 Å². The number of carbonyl (C=O) groups excluding carboxylic acids is 2. The van der Waals surface area contributed by atoms with Gasteiger partial charge in [0.1, 0.15) is 11.4 Å². The van der Waals surface area contributed by atoms with Gasteiger partial charge < -0.3 is 14.5 Å². The molecule has 2 heterocycles. The summed E-state index contributed by atoms with van der Waals surface area (Å²) in [4.78, 5) is 33.1. The lowest BCUT2D eigenvalue weighted by atomic mass is 10.1. The van der Waals surface area contributed by atoms with E-state index in [0.717, 1.165) is 12.8 Å². The van der Waals surface area contributed by atoms with Crippen molar-refractivity contribution in [2.45, 2.75) is 12.8 Å². The predicted molar refractivity (Wildman–Crippen MR) is 108 cm³/mol. The molecule has 6 heteroatoms. The average molecular weight is 389 g/mol. The third-order valence-electron chi connectivity index (χ3n) is 5.24. The highest BCUT2D eigenvalue weighted by atomic mass is 16.5. The van der Waals surface area contributed by atoms with E-state index in [1.807, 2.05) is 23.1 Å². The molecule has 0 atom stereocenters. The number of aromatic nitrogens is 1. The number of rotatable bonds is 3. The fourth-order valence-corrected chi connectivity index (χ4v) is 3.41. The number of ether oxygens (including phenoxy) is 1. The number of methoxy groups -OCH3 is 1. The van der Waals surface area contributed by atoms with E-state index in [-0.39, 0.29) is 17.7 Å². The van der Waals surface area contributed by atoms with Crippen molar-refractivity contribution in [3.05, 3.63) is 59.4 Å². The molecule has 2 aromatic rings. The van der Waals surface area contributed by atoms with Crippen LogP contribution in [-0.2, 0) is 4.79 Å². The Morgan fingerprint density at radius 3 is 2.45 bits per heavy atom. The van der Waals surface area contributed by atoms with E-state index in [1.54, 1.807) is 36.4 Å². The minimum absolute atomic E-state index is 0.0490. The quantitative estimate of drug-likeness (QED) is 0.755. The highest BCUT2D eigenvalue weighted by Crippen LogP contribution is 2.31. The zero-order valence-corrected chi connectivity index (χ0v) is 16.4. The maximum Gasteiger partial charge on any atom is 0.254 e. The molecule has 29 heavy (non-hydrogen) atoms. The van der Waals surface area contributed by atoms with Gasteiger partial charge in [-0.15, -0.1) is 0 Å². The zero-order chi connectivity index (χ0) is 20.2. The molecule has 2 amide bonds. The van der Waals surface area contributed by atoms with Crippen LogP contribution in [0.2, 0.25) is 0 Å². The number of carbonyl (C=O) groups is 2. The van der Waals surface area contributed by atoms with Crippen LogP contribution in [0.4, 0.5) is 0 Å². The van der Waals surface area contributed by atoms with Gasteiger partial charge in [-0.1, -0.05) is 12.0 Å². The van der Waals surface area contributed by atoms with E-state index in [0.29, 0.717) is 48.7 Å². The van der Waals surface area contributed by atoms with Crippen LogP contribution in [0, 0.1) is 17.8 Å². The first kappa shape index (κ1) is 19.0. The molecular weight excluding hydrogens is 366 g/mol. The van der Waals surface area contributed by atoms with E-state index in [1.165, 1.54) is 0 Å². The summed E-state index contributed by atoms with van der Waals surface area (Å²) in [6, 6.07) is 10.8. The van der Waals surface area contributed by atoms with E-state index in [4.69, 9.17) is 4.74 Å². The lowest BCUT2D eigenvalue weighted by molar-refractivity contribution is -0.134. The Hall–Kier alpha value is -3.33. The summed E-state index contributed by atoms with van der Waals surface area (Å²) in [5.74, 6) is 7.10. The molecule has 0 radical (unpaired) electrons. The van der Waals surface area contributed by atoms with Gasteiger partial charge in [-0.25, -0.2) is 4.98 Å². The van der Waals surface area contributed by atoms with Gasteiger partial charge in [0.2, 0.25) is 5.91 Å². The highest BCUT2D eigenvalue weighted by molar-refractivity contribution is 5.95. The molecule has 1 aliphatic carbocycles. The van der Waals surface area contributed by atoms with Gasteiger partial charge >= 0.3 is 0 Å². The molecule has 148 valence electrons. The Morgan fingerprint density at radius 1 is 1.03 bits per heavy atom. The van der Waals surface area contributed by atoms with E-state index in [2.05, 4.69) is 16.8 Å². The van der Waals surface area contributed by atoms with Gasteiger partial charge in [-0.2, -0.15) is 0 Å². The van der Waals surface area contributed by atoms with E-state index < -0.39 is 0 Å². The van der Waals surface area contributed by atoms with Crippen molar-refractivity contribution in [2.75, 3.05) is 33.3 Å². The standard InChI is InChI=1S/C23H23N3O3/c1-29-21-10-8-19(16-18(21)7-9-20-4-2-3-11-24-20)23(28)26-14-12-25(13-15-26)22(27)17-5-6-17/h2-4,8,10-11,16-17H,5-6,12-15H2,1H3. The Bertz CT molecular complexity index is 966. The number of benzene rings is 1. The molecule has 0 unspecified atom stereocenters. The monoisotopic (exact) mass is 389 g/mol. The number of piperazine rings is 1. The third-order valence-corrected chi connectivity index (χ3v) is 5.24. The van der Waals surface area contributed by atoms with Crippen molar-refractivity contribution in [1.29, 1.82) is 0 Å². The molecular formula is C23H23N3O3. The van der Waals surface area contributed by atoms with Crippen molar-refractivity contribution in [1.82, 2.24) is 14.8 Å². The van der Waals surface area contributed by atoms with E-state index in [9.17, 15) is 9.59 Å². The van der Waals surface area contributed by atoms with Crippen LogP contribution in [0.1, 0.15) is 34.5 Å². The first-order chi connectivity index (χ1) is 14.2. The first-order valence-electron chi connectivity index (χ1n) is 9.85. The molecule has 4 rings (SSSR count). The molecule has 1 saturated heterocycles. The molecule has 1 saturated carbocycles. The fourth-order valence-electron chi connectivity index (χ4n) is 3.41. The first-order valence-corrected chi connectivity index (χ1v) is 9.85. The number of amides is 2. The molecule has 2 aliphatic rings. The second kappa shape index (κ2) is 8.36. The van der Waals surface area contributed by atoms with Crippen LogP contribution in [0.5, 0.6) is 5.75 Å². The molecule has 0 spiro atoms. The van der Waals surface area contributed by atoms with Gasteiger partial charge in [0.15, 0.2) is 0 Å². The maximum atomic E-state index is 13.0. The van der Waals surface area contributed by atoms with Crippen LogP contribution in [-0.4, -0.2) is 59.9 Å². The van der Waals surface area contributed by atoms with Crippen molar-refractivity contribution in [3.63, 3.8) is 0 Å². The van der Waals surface area contributed by atoms with Gasteiger partial charge in [0, 0.05) is 43.9 Å². The second-order valence-electron chi connectivity index (χ2n) is 7.27. The van der Waals surface area contributed by atoms with Crippen LogP contribution < -0.4 is 4.74 Å². The molecule has 6 nitrogen and oxygen atoms in total. The minimum atomic E-state index is -0.0490. The summed E-state index contributed by atoms with van der Waals surface area (Å²) in [6.07, 6.45) is 3.70. The Labute approximate surface area is 170 Å². The number of hydrogen-bond acceptors (Lipinski definition) is 4. The molecule has 0 bridgehead atoms. The minimum Gasteiger partial charge on any atom is -0.495 e. The molecule has 0 N–H and O–H groups in total. The Kier molecular flexibility index (Phi) is 5.48. The lowest BCUT2D eigenvalue weighted by Crippen LogP contribution is -2.51. The van der Waals surface area contributed by atoms with Crippen molar-refractivity contribution < 1.29 is 14.3 Å². The van der Waals surface area contributed by atoms with Gasteiger partial charge in [0.05, 0.1) is 12.7 Å². The maximum absolute atomic E-state index is 13.0. The fraction of sp³-hybridized carbons (Fsp3) is 0.348. The topological polar surface area (TPSA) is 62.7 Å². The van der Waals surface area contributed by atoms with Crippen molar-refractivity contribution >= 4 is 11.8 Å². The van der Waals surface area contributed by atoms with Gasteiger partial charge in [-0.05, 0) is 49.1 Å². The van der Waals surface area contributed by atoms with E-state index >= 15 is 0 Å². The number of hydrogen-bond donors (Lipinski definition) is 0. The average Bonchev–Trinajstić information content (AvgIpc) is 3.63. The summed E-state index contributed by atoms with van der Waals surface area (Å²) in [7, 11) is 1.58. The van der Waals surface area contributed by atoms with Crippen LogP contribution in [0.15, 0.2) is 42.6 Å². The molecule has 2 fully saturated rings. The Balaban J connectivity index is 1.47. The van der Waals surface area contributed by atoms with Crippen molar-refractivity contribution in [2.24, 2.45) is 5.92 Å². The van der Waals surface area contributed by atoms with Crippen molar-refractivity contribution in [3.8, 4) is 17.6 Å². The molecule has 1 aromatic carbocycles. The summed E-state index contributed by atoms with van der Waals surface area (Å²) in [5.41, 5.74) is 1.87. The largest absolute Gasteiger partial charge is 0.495 e. The predicted octanol–water partition coefficient (Wildman–Crippen LogP) is 2.18. The number of nitrogens with zero attached hydrogens (tertiary/aromatic N) is 3. The lowest BCUT2D eigenvalue weighted by Gasteiger charge is -2.35. The summed E-state index contributed by atoms with van der Waals surface area (Å²) < 4.78 is 5.39. The molecule has 1 aliphatic heterocycles. The Morgan fingerprint density at radius 2 is 1.79 bits per heavy atom. The highest BCUT2D eigenvalue weighted by Gasteiger charge is 2.35.